The Morgan fingerprint density at radius 1 is 1.40 bits per heavy atom. The Balaban J connectivity index is 1.93. The molecule has 0 aliphatic carbocycles. The molecule has 1 aromatic rings. The van der Waals surface area contributed by atoms with Crippen molar-refractivity contribution in [3.8, 4) is 0 Å². The third-order valence-corrected chi connectivity index (χ3v) is 3.67. The molecule has 0 saturated carbocycles. The molecule has 108 valence electrons. The topological polar surface area (TPSA) is 69.6 Å². The van der Waals surface area contributed by atoms with Crippen molar-refractivity contribution >= 4 is 12.0 Å². The minimum atomic E-state index is -0.925. The number of hydrogen-bond donors (Lipinski definition) is 2. The summed E-state index contributed by atoms with van der Waals surface area (Å²) in [7, 11) is 0. The van der Waals surface area contributed by atoms with E-state index in [0.717, 1.165) is 19.5 Å². The van der Waals surface area contributed by atoms with E-state index in [-0.39, 0.29) is 12.6 Å². The van der Waals surface area contributed by atoms with Crippen molar-refractivity contribution in [2.24, 2.45) is 5.92 Å². The maximum Gasteiger partial charge on any atom is 0.317 e. The molecule has 2 unspecified atom stereocenters. The lowest BCUT2D eigenvalue weighted by atomic mass is 9.99. The van der Waals surface area contributed by atoms with E-state index in [0.29, 0.717) is 11.5 Å². The van der Waals surface area contributed by atoms with Crippen molar-refractivity contribution in [3.05, 3.63) is 35.9 Å². The molecule has 5 heteroatoms. The van der Waals surface area contributed by atoms with Crippen molar-refractivity contribution in [2.75, 3.05) is 19.6 Å². The second kappa shape index (κ2) is 6.41. The molecule has 1 heterocycles. The molecule has 1 fully saturated rings. The molecule has 0 radical (unpaired) electrons. The van der Waals surface area contributed by atoms with Gasteiger partial charge in [0.25, 0.3) is 0 Å². The van der Waals surface area contributed by atoms with Crippen LogP contribution in [0, 0.1) is 5.92 Å². The Labute approximate surface area is 118 Å². The normalized spacial score (nSPS) is 19.6. The lowest BCUT2D eigenvalue weighted by Gasteiger charge is -2.19. The Morgan fingerprint density at radius 3 is 2.65 bits per heavy atom. The number of carbonyl (C=O) groups is 2. The van der Waals surface area contributed by atoms with Gasteiger partial charge in [-0.2, -0.15) is 0 Å². The fourth-order valence-corrected chi connectivity index (χ4v) is 2.45. The largest absolute Gasteiger partial charge is 0.481 e. The Bertz CT molecular complexity index is 475. The van der Waals surface area contributed by atoms with E-state index in [2.05, 4.69) is 12.2 Å². The molecule has 1 aromatic carbocycles. The van der Waals surface area contributed by atoms with Gasteiger partial charge in [-0.1, -0.05) is 37.3 Å². The highest BCUT2D eigenvalue weighted by Crippen LogP contribution is 2.17. The summed E-state index contributed by atoms with van der Waals surface area (Å²) in [4.78, 5) is 25.0. The van der Waals surface area contributed by atoms with Crippen molar-refractivity contribution < 1.29 is 14.7 Å². The maximum atomic E-state index is 12.0. The van der Waals surface area contributed by atoms with Crippen LogP contribution in [0.2, 0.25) is 0 Å². The number of benzene rings is 1. The fourth-order valence-electron chi connectivity index (χ4n) is 2.45. The van der Waals surface area contributed by atoms with Crippen LogP contribution in [0.5, 0.6) is 0 Å². The van der Waals surface area contributed by atoms with E-state index >= 15 is 0 Å². The molecule has 20 heavy (non-hydrogen) atoms. The van der Waals surface area contributed by atoms with E-state index in [1.54, 1.807) is 29.2 Å². The third kappa shape index (κ3) is 3.50. The summed E-state index contributed by atoms with van der Waals surface area (Å²) in [6.07, 6.45) is 1.01. The molecule has 0 spiro atoms. The number of aliphatic carboxylic acids is 1. The summed E-state index contributed by atoms with van der Waals surface area (Å²) in [6, 6.07) is 8.81. The van der Waals surface area contributed by atoms with E-state index in [9.17, 15) is 14.7 Å². The van der Waals surface area contributed by atoms with Crippen LogP contribution in [-0.4, -0.2) is 41.6 Å². The first-order valence-corrected chi connectivity index (χ1v) is 6.88. The zero-order valence-electron chi connectivity index (χ0n) is 11.6. The van der Waals surface area contributed by atoms with Crippen molar-refractivity contribution in [1.29, 1.82) is 0 Å². The first kappa shape index (κ1) is 14.4. The number of carbonyl (C=O) groups excluding carboxylic acids is 1. The summed E-state index contributed by atoms with van der Waals surface area (Å²) in [6.45, 7) is 3.71. The highest BCUT2D eigenvalue weighted by Gasteiger charge is 2.25. The molecule has 1 saturated heterocycles. The molecule has 2 rings (SSSR count). The smallest absolute Gasteiger partial charge is 0.317 e. The Morgan fingerprint density at radius 2 is 2.10 bits per heavy atom. The number of nitrogens with zero attached hydrogens (tertiary/aromatic N) is 1. The number of amides is 2. The Hall–Kier alpha value is -2.04. The Kier molecular flexibility index (Phi) is 4.61. The monoisotopic (exact) mass is 276 g/mol. The minimum Gasteiger partial charge on any atom is -0.481 e. The molecular formula is C15H20N2O3. The van der Waals surface area contributed by atoms with Crippen LogP contribution >= 0.6 is 0 Å². The number of carboxylic acids is 1. The van der Waals surface area contributed by atoms with Crippen LogP contribution in [-0.2, 0) is 4.79 Å². The minimum absolute atomic E-state index is 0.114. The number of rotatable bonds is 4. The number of likely N-dealkylation sites (tertiary alicyclic amines) is 1. The lowest BCUT2D eigenvalue weighted by molar-refractivity contribution is -0.138. The second-order valence-electron chi connectivity index (χ2n) is 5.33. The van der Waals surface area contributed by atoms with Gasteiger partial charge in [0, 0.05) is 19.6 Å². The number of urea groups is 1. The average Bonchev–Trinajstić information content (AvgIpc) is 2.86. The van der Waals surface area contributed by atoms with Crippen LogP contribution in [0.25, 0.3) is 0 Å². The van der Waals surface area contributed by atoms with Crippen LogP contribution < -0.4 is 5.32 Å². The van der Waals surface area contributed by atoms with Crippen molar-refractivity contribution in [2.45, 2.75) is 19.3 Å². The van der Waals surface area contributed by atoms with Crippen LogP contribution in [0.1, 0.15) is 24.8 Å². The molecule has 2 atom stereocenters. The second-order valence-corrected chi connectivity index (χ2v) is 5.33. The standard InChI is InChI=1S/C15H20N2O3/c1-11-7-8-17(10-11)15(20)16-9-13(14(18)19)12-5-3-2-4-6-12/h2-6,11,13H,7-10H2,1H3,(H,16,20)(H,18,19). The van der Waals surface area contributed by atoms with E-state index in [1.165, 1.54) is 0 Å². The first-order valence-electron chi connectivity index (χ1n) is 6.88. The van der Waals surface area contributed by atoms with Crippen LogP contribution in [0.15, 0.2) is 30.3 Å². The van der Waals surface area contributed by atoms with Crippen LogP contribution in [0.4, 0.5) is 4.79 Å². The molecule has 1 aliphatic heterocycles. The highest BCUT2D eigenvalue weighted by molar-refractivity contribution is 5.79. The van der Waals surface area contributed by atoms with Gasteiger partial charge in [0.05, 0.1) is 5.92 Å². The molecule has 0 aromatic heterocycles. The quantitative estimate of drug-likeness (QED) is 0.882. The van der Waals surface area contributed by atoms with Gasteiger partial charge in [0.15, 0.2) is 0 Å². The predicted molar refractivity (Wildman–Crippen MR) is 75.6 cm³/mol. The van der Waals surface area contributed by atoms with E-state index in [4.69, 9.17) is 0 Å². The zero-order valence-corrected chi connectivity index (χ0v) is 11.6. The highest BCUT2D eigenvalue weighted by atomic mass is 16.4. The summed E-state index contributed by atoms with van der Waals surface area (Å²) in [5, 5.41) is 12.0. The van der Waals surface area contributed by atoms with Gasteiger partial charge in [-0.05, 0) is 17.9 Å². The van der Waals surface area contributed by atoms with Gasteiger partial charge in [-0.15, -0.1) is 0 Å². The van der Waals surface area contributed by atoms with Crippen molar-refractivity contribution in [1.82, 2.24) is 10.2 Å². The number of hydrogen-bond acceptors (Lipinski definition) is 2. The fraction of sp³-hybridized carbons (Fsp3) is 0.467. The number of carboxylic acid groups (broad SMARTS) is 1. The first-order chi connectivity index (χ1) is 9.58. The molecule has 5 nitrogen and oxygen atoms in total. The summed E-state index contributed by atoms with van der Waals surface area (Å²) in [5.41, 5.74) is 0.704. The third-order valence-electron chi connectivity index (χ3n) is 3.67. The van der Waals surface area contributed by atoms with E-state index < -0.39 is 11.9 Å². The van der Waals surface area contributed by atoms with Crippen molar-refractivity contribution in [3.63, 3.8) is 0 Å². The number of nitrogens with one attached hydrogen (secondary N) is 1. The molecule has 1 aliphatic rings. The van der Waals surface area contributed by atoms with Crippen LogP contribution in [0.3, 0.4) is 0 Å². The van der Waals surface area contributed by atoms with Gasteiger partial charge in [0.1, 0.15) is 0 Å². The van der Waals surface area contributed by atoms with Gasteiger partial charge in [0.2, 0.25) is 0 Å². The molecular weight excluding hydrogens is 256 g/mol. The summed E-state index contributed by atoms with van der Waals surface area (Å²) >= 11 is 0. The summed E-state index contributed by atoms with van der Waals surface area (Å²) < 4.78 is 0. The SMILES string of the molecule is CC1CCN(C(=O)NCC(C(=O)O)c2ccccc2)C1. The predicted octanol–water partition coefficient (Wildman–Crippen LogP) is 1.91. The maximum absolute atomic E-state index is 12.0. The van der Waals surface area contributed by atoms with Gasteiger partial charge in [-0.3, -0.25) is 4.79 Å². The molecule has 2 amide bonds. The molecule has 0 bridgehead atoms. The van der Waals surface area contributed by atoms with Gasteiger partial charge < -0.3 is 15.3 Å². The lowest BCUT2D eigenvalue weighted by Crippen LogP contribution is -2.41. The van der Waals surface area contributed by atoms with Gasteiger partial charge >= 0.3 is 12.0 Å². The zero-order chi connectivity index (χ0) is 14.5. The van der Waals surface area contributed by atoms with E-state index in [1.807, 2.05) is 6.07 Å². The van der Waals surface area contributed by atoms with Gasteiger partial charge in [-0.25, -0.2) is 4.79 Å². The molecule has 2 N–H and O–H groups in total. The average molecular weight is 276 g/mol. The summed E-state index contributed by atoms with van der Waals surface area (Å²) in [5.74, 6) is -1.11.